The highest BCUT2D eigenvalue weighted by Gasteiger charge is 2.30. The Morgan fingerprint density at radius 1 is 1.09 bits per heavy atom. The van der Waals surface area contributed by atoms with E-state index in [0.717, 1.165) is 34.2 Å². The number of fused-ring (bicyclic) bond motifs is 1. The van der Waals surface area contributed by atoms with Crippen molar-refractivity contribution in [3.63, 3.8) is 0 Å². The maximum Gasteiger partial charge on any atom is 0.430 e. The first-order chi connectivity index (χ1) is 15.5. The Morgan fingerprint density at radius 3 is 2.33 bits per heavy atom. The zero-order valence-corrected chi connectivity index (χ0v) is 18.3. The molecular formula is C22H19F3N4O3S. The van der Waals surface area contributed by atoms with Gasteiger partial charge in [0.25, 0.3) is 5.84 Å². The molecule has 0 radical (unpaired) electrons. The van der Waals surface area contributed by atoms with Gasteiger partial charge in [-0.25, -0.2) is 4.98 Å². The van der Waals surface area contributed by atoms with Gasteiger partial charge in [-0.15, -0.1) is 11.3 Å². The van der Waals surface area contributed by atoms with E-state index in [1.165, 1.54) is 0 Å². The molecule has 0 aliphatic carbocycles. The van der Waals surface area contributed by atoms with Gasteiger partial charge in [0.1, 0.15) is 11.7 Å². The minimum absolute atomic E-state index is 0.0395. The van der Waals surface area contributed by atoms with E-state index in [1.54, 1.807) is 16.8 Å². The van der Waals surface area contributed by atoms with Gasteiger partial charge < -0.3 is 15.2 Å². The number of nitrogens with two attached hydrogens (primary N) is 1. The molecule has 0 fully saturated rings. The third-order valence-corrected chi connectivity index (χ3v) is 5.39. The third kappa shape index (κ3) is 5.82. The summed E-state index contributed by atoms with van der Waals surface area (Å²) in [5.74, 6) is -2.19. The summed E-state index contributed by atoms with van der Waals surface area (Å²) in [6.45, 7) is 3.86. The molecule has 11 heteroatoms. The molecule has 1 amide bonds. The molecule has 0 unspecified atom stereocenters. The summed E-state index contributed by atoms with van der Waals surface area (Å²) in [4.78, 5) is 30.5. The van der Waals surface area contributed by atoms with E-state index in [-0.39, 0.29) is 5.91 Å². The van der Waals surface area contributed by atoms with Gasteiger partial charge in [0.05, 0.1) is 10.9 Å². The van der Waals surface area contributed by atoms with Gasteiger partial charge in [0.2, 0.25) is 5.91 Å². The average molecular weight is 476 g/mol. The van der Waals surface area contributed by atoms with Gasteiger partial charge in [-0.3, -0.25) is 10.1 Å². The van der Waals surface area contributed by atoms with Crippen molar-refractivity contribution in [2.24, 2.45) is 4.99 Å². The summed E-state index contributed by atoms with van der Waals surface area (Å²) in [6, 6.07) is 15.6. The van der Waals surface area contributed by atoms with Crippen LogP contribution in [0.3, 0.4) is 0 Å². The molecule has 3 aromatic rings. The molecule has 0 bridgehead atoms. The Bertz CT molecular complexity index is 1180. The molecule has 0 saturated heterocycles. The number of hydrogen-bond donors (Lipinski definition) is 2. The third-order valence-electron chi connectivity index (χ3n) is 4.81. The van der Waals surface area contributed by atoms with Crippen LogP contribution in [0.4, 0.5) is 30.2 Å². The van der Waals surface area contributed by atoms with Crippen molar-refractivity contribution in [2.75, 3.05) is 5.32 Å². The molecule has 1 aliphatic rings. The summed E-state index contributed by atoms with van der Waals surface area (Å²) in [5.41, 5.74) is 5.69. The van der Waals surface area contributed by atoms with Crippen molar-refractivity contribution >= 4 is 46.1 Å². The molecule has 0 spiro atoms. The number of carbonyl (C=O) groups excluding carboxylic acids is 2. The van der Waals surface area contributed by atoms with E-state index in [9.17, 15) is 18.0 Å². The highest BCUT2D eigenvalue weighted by molar-refractivity contribution is 7.07. The van der Waals surface area contributed by atoms with Crippen LogP contribution in [-0.4, -0.2) is 28.9 Å². The Morgan fingerprint density at radius 2 is 1.76 bits per heavy atom. The minimum atomic E-state index is -5.19. The monoisotopic (exact) mass is 476 g/mol. The first kappa shape index (κ1) is 24.1. The van der Waals surface area contributed by atoms with Crippen LogP contribution in [-0.2, 0) is 15.0 Å². The molecule has 0 saturated carbocycles. The zero-order chi connectivity index (χ0) is 24.2. The number of nitrogens with zero attached hydrogens (tertiary/aromatic N) is 2. The van der Waals surface area contributed by atoms with E-state index >= 15 is 0 Å². The Kier molecular flexibility index (Phi) is 6.94. The number of aliphatic imine (C=N–C) groups is 1. The largest absolute Gasteiger partial charge is 0.542 e. The predicted molar refractivity (Wildman–Crippen MR) is 115 cm³/mol. The number of thiazole rings is 1. The number of amides is 1. The lowest BCUT2D eigenvalue weighted by Gasteiger charge is -2.24. The van der Waals surface area contributed by atoms with Crippen molar-refractivity contribution in [2.45, 2.75) is 25.4 Å². The van der Waals surface area contributed by atoms with E-state index in [0.29, 0.717) is 0 Å². The van der Waals surface area contributed by atoms with Gasteiger partial charge in [-0.2, -0.15) is 18.2 Å². The second kappa shape index (κ2) is 9.51. The van der Waals surface area contributed by atoms with E-state index in [2.05, 4.69) is 15.3 Å². The number of amidine groups is 1. The molecule has 1 aliphatic heterocycles. The number of carboxylic acids is 1. The van der Waals surface area contributed by atoms with Crippen LogP contribution < -0.4 is 15.7 Å². The fourth-order valence-electron chi connectivity index (χ4n) is 2.90. The lowest BCUT2D eigenvalue weighted by atomic mass is 9.83. The van der Waals surface area contributed by atoms with Gasteiger partial charge in [-0.1, -0.05) is 30.3 Å². The van der Waals surface area contributed by atoms with Gasteiger partial charge in [0, 0.05) is 17.1 Å². The number of rotatable bonds is 4. The second-order valence-electron chi connectivity index (χ2n) is 7.52. The number of carbonyl (C=O) groups is 2. The quantitative estimate of drug-likeness (QED) is 0.564. The summed E-state index contributed by atoms with van der Waals surface area (Å²) in [7, 11) is 0. The molecule has 2 aromatic carbocycles. The van der Waals surface area contributed by atoms with Gasteiger partial charge in [-0.05, 0) is 31.5 Å². The Balaban J connectivity index is 0.000000383. The van der Waals surface area contributed by atoms with E-state index in [4.69, 9.17) is 9.90 Å². The van der Waals surface area contributed by atoms with Crippen molar-refractivity contribution < 1.29 is 33.2 Å². The normalized spacial score (nSPS) is 12.8. The van der Waals surface area contributed by atoms with Gasteiger partial charge in [0.15, 0.2) is 11.4 Å². The smallest absolute Gasteiger partial charge is 0.430 e. The fourth-order valence-corrected chi connectivity index (χ4v) is 3.45. The molecule has 0 atom stereocenters. The van der Waals surface area contributed by atoms with Crippen LogP contribution >= 0.6 is 11.3 Å². The molecule has 2 heterocycles. The summed E-state index contributed by atoms with van der Waals surface area (Å²) in [5, 5.41) is 15.8. The molecule has 172 valence electrons. The van der Waals surface area contributed by atoms with Crippen LogP contribution in [0.5, 0.6) is 0 Å². The van der Waals surface area contributed by atoms with Crippen LogP contribution in [0.15, 0.2) is 64.4 Å². The van der Waals surface area contributed by atoms with E-state index < -0.39 is 17.6 Å². The second-order valence-corrected chi connectivity index (χ2v) is 8.24. The number of hydrogen-bond acceptors (Lipinski definition) is 6. The predicted octanol–water partition coefficient (Wildman–Crippen LogP) is 2.64. The standard InChI is InChI=1S/C20H18N4OS.C2HF3O2/c1-20(2,13-6-4-3-5-7-13)19(25)22-14-8-9-15-16(10-14)24-18(23-15)17-11-26-12-21-17;3-2(4,5)1(6)7/h3-12H,1-2H3,(H,22,25)(H,23,24);(H,6,7). The van der Waals surface area contributed by atoms with Crippen LogP contribution in [0.25, 0.3) is 0 Å². The van der Waals surface area contributed by atoms with Crippen LogP contribution in [0.2, 0.25) is 0 Å². The number of alkyl halides is 3. The number of aromatic nitrogens is 1. The minimum Gasteiger partial charge on any atom is -0.542 e. The number of quaternary nitrogens is 1. The van der Waals surface area contributed by atoms with Crippen molar-refractivity contribution in [3.8, 4) is 0 Å². The maximum absolute atomic E-state index is 12.8. The lowest BCUT2D eigenvalue weighted by molar-refractivity contribution is -0.437. The number of halogens is 3. The van der Waals surface area contributed by atoms with Crippen LogP contribution in [0.1, 0.15) is 25.1 Å². The highest BCUT2D eigenvalue weighted by Crippen LogP contribution is 2.30. The molecule has 1 aromatic heterocycles. The van der Waals surface area contributed by atoms with Crippen molar-refractivity contribution in [1.82, 2.24) is 4.98 Å². The van der Waals surface area contributed by atoms with E-state index in [1.807, 2.05) is 73.1 Å². The van der Waals surface area contributed by atoms with Crippen molar-refractivity contribution in [3.05, 3.63) is 70.7 Å². The Labute approximate surface area is 191 Å². The average Bonchev–Trinajstić information content (AvgIpc) is 3.43. The SMILES string of the molecule is CC(C)(C(=O)Nc1ccc2c(c1)[NH2+]C(c1cscn1)=N2)c1ccccc1.O=C([O-])C(F)(F)F. The number of benzene rings is 2. The zero-order valence-electron chi connectivity index (χ0n) is 17.5. The van der Waals surface area contributed by atoms with Gasteiger partial charge >= 0.3 is 6.18 Å². The molecule has 3 N–H and O–H groups in total. The number of carboxylic acid groups (broad SMARTS) is 1. The number of nitrogens with one attached hydrogen (secondary N) is 1. The highest BCUT2D eigenvalue weighted by atomic mass is 32.1. The first-order valence-electron chi connectivity index (χ1n) is 9.59. The fraction of sp³-hybridized carbons (Fsp3) is 0.182. The maximum atomic E-state index is 12.8. The molecular weight excluding hydrogens is 457 g/mol. The number of anilines is 1. The lowest BCUT2D eigenvalue weighted by Crippen LogP contribution is -2.80. The summed E-state index contributed by atoms with van der Waals surface area (Å²) < 4.78 is 31.5. The number of aliphatic carboxylic acids is 1. The molecule has 7 nitrogen and oxygen atoms in total. The molecule has 4 rings (SSSR count). The van der Waals surface area contributed by atoms with Crippen LogP contribution in [0, 0.1) is 0 Å². The first-order valence-corrected chi connectivity index (χ1v) is 10.5. The summed E-state index contributed by atoms with van der Waals surface area (Å²) in [6.07, 6.45) is -5.19. The Hall–Kier alpha value is -3.57. The topological polar surface area (TPSA) is 111 Å². The molecule has 33 heavy (non-hydrogen) atoms. The summed E-state index contributed by atoms with van der Waals surface area (Å²) >= 11 is 1.55. The van der Waals surface area contributed by atoms with Crippen molar-refractivity contribution in [1.29, 1.82) is 0 Å².